The van der Waals surface area contributed by atoms with Crippen molar-refractivity contribution in [3.8, 4) is 0 Å². The molecule has 0 amide bonds. The molecule has 17 heavy (non-hydrogen) atoms. The molecular formula is C13H12N2O2. The Morgan fingerprint density at radius 3 is 2.94 bits per heavy atom. The number of hydrogen-bond donors (Lipinski definition) is 2. The van der Waals surface area contributed by atoms with E-state index < -0.39 is 5.97 Å². The molecule has 0 saturated carbocycles. The molecule has 4 nitrogen and oxygen atoms in total. The molecule has 0 aliphatic carbocycles. The summed E-state index contributed by atoms with van der Waals surface area (Å²) in [6.45, 7) is 4.20. The van der Waals surface area contributed by atoms with E-state index in [4.69, 9.17) is 5.11 Å². The molecular weight excluding hydrogens is 216 g/mol. The third-order valence-corrected chi connectivity index (χ3v) is 2.45. The normalized spacial score (nSPS) is 10.1. The van der Waals surface area contributed by atoms with Crippen molar-refractivity contribution in [2.75, 3.05) is 11.9 Å². The smallest absolute Gasteiger partial charge is 0.336 e. The molecule has 0 atom stereocenters. The highest BCUT2D eigenvalue weighted by atomic mass is 16.4. The first-order valence-corrected chi connectivity index (χ1v) is 5.20. The maximum absolute atomic E-state index is 11.1. The Morgan fingerprint density at radius 1 is 1.41 bits per heavy atom. The highest BCUT2D eigenvalue weighted by Crippen LogP contribution is 2.24. The molecule has 0 saturated heterocycles. The summed E-state index contributed by atoms with van der Waals surface area (Å²) in [5, 5.41) is 13.7. The first-order valence-electron chi connectivity index (χ1n) is 5.20. The zero-order valence-corrected chi connectivity index (χ0v) is 9.18. The summed E-state index contributed by atoms with van der Waals surface area (Å²) in [5.74, 6) is -0.262. The fraction of sp³-hybridized carbons (Fsp3) is 0.0769. The second-order valence-corrected chi connectivity index (χ2v) is 3.53. The maximum Gasteiger partial charge on any atom is 0.336 e. The zero-order valence-electron chi connectivity index (χ0n) is 9.18. The van der Waals surface area contributed by atoms with Gasteiger partial charge >= 0.3 is 5.97 Å². The SMILES string of the molecule is C=CCNc1nccc2c(C(=O)O)cccc12. The zero-order chi connectivity index (χ0) is 12.3. The number of carboxylic acid groups (broad SMARTS) is 1. The number of carbonyl (C=O) groups is 1. The van der Waals surface area contributed by atoms with Gasteiger partial charge in [0.05, 0.1) is 5.56 Å². The van der Waals surface area contributed by atoms with Gasteiger partial charge in [0.25, 0.3) is 0 Å². The van der Waals surface area contributed by atoms with Gasteiger partial charge in [0.15, 0.2) is 0 Å². The van der Waals surface area contributed by atoms with Crippen molar-refractivity contribution in [3.05, 3.63) is 48.7 Å². The summed E-state index contributed by atoms with van der Waals surface area (Å²) in [4.78, 5) is 15.3. The second-order valence-electron chi connectivity index (χ2n) is 3.53. The van der Waals surface area contributed by atoms with Gasteiger partial charge in [-0.1, -0.05) is 18.2 Å². The van der Waals surface area contributed by atoms with Crippen LogP contribution in [-0.2, 0) is 0 Å². The number of anilines is 1. The van der Waals surface area contributed by atoms with E-state index in [1.54, 1.807) is 30.5 Å². The van der Waals surface area contributed by atoms with Crippen molar-refractivity contribution in [3.63, 3.8) is 0 Å². The molecule has 1 heterocycles. The minimum Gasteiger partial charge on any atom is -0.478 e. The summed E-state index contributed by atoms with van der Waals surface area (Å²) in [6.07, 6.45) is 3.32. The lowest BCUT2D eigenvalue weighted by Crippen LogP contribution is -2.03. The van der Waals surface area contributed by atoms with Gasteiger partial charge in [-0.25, -0.2) is 9.78 Å². The van der Waals surface area contributed by atoms with E-state index in [-0.39, 0.29) is 5.56 Å². The van der Waals surface area contributed by atoms with Crippen molar-refractivity contribution >= 4 is 22.6 Å². The van der Waals surface area contributed by atoms with Crippen LogP contribution in [0.25, 0.3) is 10.8 Å². The Labute approximate surface area is 98.6 Å². The predicted octanol–water partition coefficient (Wildman–Crippen LogP) is 2.53. The largest absolute Gasteiger partial charge is 0.478 e. The lowest BCUT2D eigenvalue weighted by atomic mass is 10.1. The number of aromatic nitrogens is 1. The molecule has 0 aliphatic rings. The molecule has 2 rings (SSSR count). The number of carboxylic acids is 1. The molecule has 0 aliphatic heterocycles. The number of hydrogen-bond acceptors (Lipinski definition) is 3. The molecule has 4 heteroatoms. The maximum atomic E-state index is 11.1. The summed E-state index contributed by atoms with van der Waals surface area (Å²) in [5.41, 5.74) is 0.284. The van der Waals surface area contributed by atoms with E-state index >= 15 is 0 Å². The van der Waals surface area contributed by atoms with Crippen LogP contribution in [0.2, 0.25) is 0 Å². The van der Waals surface area contributed by atoms with Crippen LogP contribution < -0.4 is 5.32 Å². The Balaban J connectivity index is 2.61. The Kier molecular flexibility index (Phi) is 3.05. The molecule has 86 valence electrons. The van der Waals surface area contributed by atoms with E-state index in [1.165, 1.54) is 0 Å². The van der Waals surface area contributed by atoms with Gasteiger partial charge in [-0.3, -0.25) is 0 Å². The Hall–Kier alpha value is -2.36. The van der Waals surface area contributed by atoms with Crippen LogP contribution in [0.1, 0.15) is 10.4 Å². The molecule has 0 spiro atoms. The van der Waals surface area contributed by atoms with Crippen molar-refractivity contribution in [1.82, 2.24) is 4.98 Å². The third kappa shape index (κ3) is 2.10. The molecule has 0 unspecified atom stereocenters. The quantitative estimate of drug-likeness (QED) is 0.789. The first kappa shape index (κ1) is 11.1. The van der Waals surface area contributed by atoms with Gasteiger partial charge in [0, 0.05) is 23.5 Å². The molecule has 1 aromatic heterocycles. The number of benzene rings is 1. The highest BCUT2D eigenvalue weighted by molar-refractivity contribution is 6.06. The highest BCUT2D eigenvalue weighted by Gasteiger charge is 2.10. The predicted molar refractivity (Wildman–Crippen MR) is 67.4 cm³/mol. The van der Waals surface area contributed by atoms with Crippen molar-refractivity contribution in [2.24, 2.45) is 0 Å². The van der Waals surface area contributed by atoms with Gasteiger partial charge in [0.1, 0.15) is 5.82 Å². The Morgan fingerprint density at radius 2 is 2.24 bits per heavy atom. The van der Waals surface area contributed by atoms with E-state index in [0.29, 0.717) is 17.7 Å². The average molecular weight is 228 g/mol. The van der Waals surface area contributed by atoms with Crippen LogP contribution in [0.15, 0.2) is 43.1 Å². The second kappa shape index (κ2) is 4.65. The van der Waals surface area contributed by atoms with Crippen LogP contribution >= 0.6 is 0 Å². The molecule has 2 N–H and O–H groups in total. The lowest BCUT2D eigenvalue weighted by molar-refractivity contribution is 0.0699. The number of rotatable bonds is 4. The van der Waals surface area contributed by atoms with Gasteiger partial charge in [0.2, 0.25) is 0 Å². The number of nitrogens with one attached hydrogen (secondary N) is 1. The lowest BCUT2D eigenvalue weighted by Gasteiger charge is -2.08. The van der Waals surface area contributed by atoms with Gasteiger partial charge in [-0.2, -0.15) is 0 Å². The minimum absolute atomic E-state index is 0.284. The van der Waals surface area contributed by atoms with Gasteiger partial charge in [-0.05, 0) is 12.1 Å². The summed E-state index contributed by atoms with van der Waals surface area (Å²) >= 11 is 0. The fourth-order valence-electron chi connectivity index (χ4n) is 1.70. The summed E-state index contributed by atoms with van der Waals surface area (Å²) in [6, 6.07) is 6.85. The van der Waals surface area contributed by atoms with Gasteiger partial charge < -0.3 is 10.4 Å². The number of pyridine rings is 1. The van der Waals surface area contributed by atoms with Crippen LogP contribution in [-0.4, -0.2) is 22.6 Å². The third-order valence-electron chi connectivity index (χ3n) is 2.45. The van der Waals surface area contributed by atoms with Crippen molar-refractivity contribution < 1.29 is 9.90 Å². The van der Waals surface area contributed by atoms with E-state index in [9.17, 15) is 4.79 Å². The summed E-state index contributed by atoms with van der Waals surface area (Å²) in [7, 11) is 0. The number of aromatic carboxylic acids is 1. The van der Waals surface area contributed by atoms with Crippen LogP contribution in [0.5, 0.6) is 0 Å². The molecule has 0 radical (unpaired) electrons. The molecule has 0 bridgehead atoms. The first-order chi connectivity index (χ1) is 8.24. The summed E-state index contributed by atoms with van der Waals surface area (Å²) < 4.78 is 0. The standard InChI is InChI=1S/C13H12N2O2/c1-2-7-14-12-10-4-3-5-11(13(16)17)9(10)6-8-15-12/h2-6,8H,1,7H2,(H,14,15)(H,16,17). The van der Waals surface area contributed by atoms with Crippen LogP contribution in [0.3, 0.4) is 0 Å². The molecule has 2 aromatic rings. The topological polar surface area (TPSA) is 62.2 Å². The average Bonchev–Trinajstić information content (AvgIpc) is 2.35. The van der Waals surface area contributed by atoms with E-state index in [0.717, 1.165) is 5.39 Å². The van der Waals surface area contributed by atoms with Crippen molar-refractivity contribution in [1.29, 1.82) is 0 Å². The monoisotopic (exact) mass is 228 g/mol. The fourth-order valence-corrected chi connectivity index (χ4v) is 1.70. The molecule has 1 aromatic carbocycles. The van der Waals surface area contributed by atoms with Gasteiger partial charge in [-0.15, -0.1) is 6.58 Å². The molecule has 0 fully saturated rings. The van der Waals surface area contributed by atoms with E-state index in [1.807, 2.05) is 6.07 Å². The minimum atomic E-state index is -0.934. The van der Waals surface area contributed by atoms with E-state index in [2.05, 4.69) is 16.9 Å². The Bertz CT molecular complexity index is 579. The number of nitrogens with zero attached hydrogens (tertiary/aromatic N) is 1. The van der Waals surface area contributed by atoms with Crippen LogP contribution in [0, 0.1) is 0 Å². The van der Waals surface area contributed by atoms with Crippen LogP contribution in [0.4, 0.5) is 5.82 Å². The van der Waals surface area contributed by atoms with Crippen molar-refractivity contribution in [2.45, 2.75) is 0 Å². The number of fused-ring (bicyclic) bond motifs is 1.